The number of alkyl carbamates (subject to hydrolysis) is 1. The van der Waals surface area contributed by atoms with Gasteiger partial charge < -0.3 is 29.5 Å². The molecule has 1 fully saturated rings. The van der Waals surface area contributed by atoms with E-state index in [-0.39, 0.29) is 44.1 Å². The number of benzene rings is 2. The van der Waals surface area contributed by atoms with Crippen LogP contribution in [0.5, 0.6) is 0 Å². The van der Waals surface area contributed by atoms with Gasteiger partial charge >= 0.3 is 12.1 Å². The molecule has 1 saturated heterocycles. The molecule has 0 saturated carbocycles. The number of rotatable bonds is 11. The van der Waals surface area contributed by atoms with Crippen molar-refractivity contribution < 1.29 is 33.7 Å². The number of fused-ring (bicyclic) bond motifs is 3. The maximum atomic E-state index is 12.5. The topological polar surface area (TPSA) is 114 Å². The fraction of sp³-hybridized carbons (Fsp3) is 0.423. The molecule has 1 unspecified atom stereocenters. The van der Waals surface area contributed by atoms with E-state index >= 15 is 0 Å². The Hall–Kier alpha value is -3.43. The van der Waals surface area contributed by atoms with Crippen molar-refractivity contribution in [2.24, 2.45) is 0 Å². The molecule has 35 heavy (non-hydrogen) atoms. The maximum absolute atomic E-state index is 12.5. The first kappa shape index (κ1) is 24.7. The second-order valence-electron chi connectivity index (χ2n) is 8.61. The van der Waals surface area contributed by atoms with E-state index in [1.807, 2.05) is 31.2 Å². The van der Waals surface area contributed by atoms with Gasteiger partial charge in [-0.25, -0.2) is 9.59 Å². The number of hydrogen-bond acceptors (Lipinski definition) is 6. The second-order valence-corrected chi connectivity index (χ2v) is 8.61. The zero-order chi connectivity index (χ0) is 24.8. The van der Waals surface area contributed by atoms with Crippen LogP contribution in [0.3, 0.4) is 0 Å². The first-order valence-electron chi connectivity index (χ1n) is 11.8. The van der Waals surface area contributed by atoms with Gasteiger partial charge in [0, 0.05) is 32.2 Å². The first-order valence-corrected chi connectivity index (χ1v) is 11.8. The average molecular weight is 483 g/mol. The van der Waals surface area contributed by atoms with E-state index in [0.717, 1.165) is 22.3 Å². The minimum atomic E-state index is -1.04. The number of hydrogen-bond donors (Lipinski definition) is 2. The highest BCUT2D eigenvalue weighted by atomic mass is 16.5. The van der Waals surface area contributed by atoms with E-state index in [2.05, 4.69) is 29.6 Å². The van der Waals surface area contributed by atoms with Crippen LogP contribution in [0.1, 0.15) is 30.4 Å². The van der Waals surface area contributed by atoms with Crippen molar-refractivity contribution >= 4 is 18.0 Å². The highest BCUT2D eigenvalue weighted by Gasteiger charge is 2.33. The van der Waals surface area contributed by atoms with Crippen molar-refractivity contribution in [2.45, 2.75) is 31.5 Å². The van der Waals surface area contributed by atoms with Crippen LogP contribution in [-0.2, 0) is 23.8 Å². The van der Waals surface area contributed by atoms with Gasteiger partial charge in [-0.2, -0.15) is 0 Å². The van der Waals surface area contributed by atoms with Crippen LogP contribution in [0, 0.1) is 0 Å². The summed E-state index contributed by atoms with van der Waals surface area (Å²) in [6, 6.07) is 16.3. The van der Waals surface area contributed by atoms with E-state index in [1.165, 1.54) is 0 Å². The van der Waals surface area contributed by atoms with E-state index in [0.29, 0.717) is 19.7 Å². The lowest BCUT2D eigenvalue weighted by molar-refractivity contribution is -0.155. The molecule has 1 aliphatic heterocycles. The van der Waals surface area contributed by atoms with Crippen LogP contribution in [0.4, 0.5) is 4.79 Å². The summed E-state index contributed by atoms with van der Waals surface area (Å²) >= 11 is 0. The molecule has 4 rings (SSSR count). The zero-order valence-corrected chi connectivity index (χ0v) is 19.6. The summed E-state index contributed by atoms with van der Waals surface area (Å²) in [5.74, 6) is -1.20. The molecule has 0 radical (unpaired) electrons. The summed E-state index contributed by atoms with van der Waals surface area (Å²) in [4.78, 5) is 37.1. The van der Waals surface area contributed by atoms with E-state index < -0.39 is 18.2 Å². The van der Waals surface area contributed by atoms with Gasteiger partial charge in [0.1, 0.15) is 13.2 Å². The molecule has 9 heteroatoms. The lowest BCUT2D eigenvalue weighted by atomic mass is 9.98. The number of carbonyl (C=O) groups is 3. The van der Waals surface area contributed by atoms with Crippen LogP contribution in [0.2, 0.25) is 0 Å². The zero-order valence-electron chi connectivity index (χ0n) is 19.6. The predicted octanol–water partition coefficient (Wildman–Crippen LogP) is 2.63. The largest absolute Gasteiger partial charge is 0.480 e. The fourth-order valence-electron chi connectivity index (χ4n) is 4.53. The predicted molar refractivity (Wildman–Crippen MR) is 127 cm³/mol. The normalized spacial score (nSPS) is 15.6. The van der Waals surface area contributed by atoms with Crippen molar-refractivity contribution in [1.82, 2.24) is 10.2 Å². The third-order valence-corrected chi connectivity index (χ3v) is 6.27. The number of nitrogens with one attached hydrogen (secondary N) is 1. The van der Waals surface area contributed by atoms with Gasteiger partial charge in [-0.1, -0.05) is 48.5 Å². The molecule has 0 spiro atoms. The van der Waals surface area contributed by atoms with Crippen molar-refractivity contribution in [3.63, 3.8) is 0 Å². The van der Waals surface area contributed by atoms with Gasteiger partial charge in [-0.3, -0.25) is 4.79 Å². The molecule has 9 nitrogen and oxygen atoms in total. The van der Waals surface area contributed by atoms with Crippen molar-refractivity contribution in [3.05, 3.63) is 59.7 Å². The van der Waals surface area contributed by atoms with Crippen molar-refractivity contribution in [1.29, 1.82) is 0 Å². The molecular weight excluding hydrogens is 452 g/mol. The van der Waals surface area contributed by atoms with Crippen molar-refractivity contribution in [2.75, 3.05) is 39.5 Å². The molecule has 2 amide bonds. The first-order chi connectivity index (χ1) is 17.0. The van der Waals surface area contributed by atoms with Gasteiger partial charge in [0.05, 0.1) is 18.6 Å². The number of aliphatic carboxylic acids is 1. The van der Waals surface area contributed by atoms with Gasteiger partial charge in [-0.15, -0.1) is 0 Å². The number of nitrogens with zero attached hydrogens (tertiary/aromatic N) is 1. The number of carboxylic acid groups (broad SMARTS) is 1. The van der Waals surface area contributed by atoms with Crippen LogP contribution in [0.25, 0.3) is 11.1 Å². The van der Waals surface area contributed by atoms with Crippen LogP contribution in [-0.4, -0.2) is 79.6 Å². The monoisotopic (exact) mass is 482 g/mol. The van der Waals surface area contributed by atoms with E-state index in [4.69, 9.17) is 19.3 Å². The molecule has 2 N–H and O–H groups in total. The molecular formula is C26H30N2O7. The Morgan fingerprint density at radius 2 is 1.69 bits per heavy atom. The highest BCUT2D eigenvalue weighted by Crippen LogP contribution is 2.44. The third kappa shape index (κ3) is 5.98. The van der Waals surface area contributed by atoms with Crippen molar-refractivity contribution in [3.8, 4) is 11.1 Å². The maximum Gasteiger partial charge on any atom is 0.407 e. The Kier molecular flexibility index (Phi) is 7.99. The summed E-state index contributed by atoms with van der Waals surface area (Å²) < 4.78 is 16.3. The summed E-state index contributed by atoms with van der Waals surface area (Å²) in [6.45, 7) is 2.90. The van der Waals surface area contributed by atoms with Gasteiger partial charge in [0.2, 0.25) is 5.91 Å². The Morgan fingerprint density at radius 3 is 2.29 bits per heavy atom. The van der Waals surface area contributed by atoms with E-state index in [1.54, 1.807) is 4.90 Å². The molecule has 2 aliphatic rings. The molecule has 1 heterocycles. The highest BCUT2D eigenvalue weighted by molar-refractivity contribution is 5.79. The molecule has 2 aromatic carbocycles. The Morgan fingerprint density at radius 1 is 1.06 bits per heavy atom. The van der Waals surface area contributed by atoms with Gasteiger partial charge in [0.25, 0.3) is 0 Å². The number of carboxylic acids is 1. The smallest absolute Gasteiger partial charge is 0.407 e. The third-order valence-electron chi connectivity index (χ3n) is 6.27. The Labute approximate surface area is 204 Å². The molecule has 2 aromatic rings. The molecule has 1 atom stereocenters. The summed E-state index contributed by atoms with van der Waals surface area (Å²) in [5, 5.41) is 11.4. The molecule has 0 aromatic heterocycles. The van der Waals surface area contributed by atoms with Crippen LogP contribution in [0.15, 0.2) is 48.5 Å². The standard InChI is InChI=1S/C26H30N2O7/c1-2-33-17(11-24(29)28-13-18(14-28)34-16-25(30)31)12-27-26(32)35-15-23-21-9-5-3-7-19(21)20-8-4-6-10-22(20)23/h3-10,17-18,23H,2,11-16H2,1H3,(H,27,32)(H,30,31). The minimum Gasteiger partial charge on any atom is -0.480 e. The van der Waals surface area contributed by atoms with E-state index in [9.17, 15) is 14.4 Å². The van der Waals surface area contributed by atoms with Gasteiger partial charge in [-0.05, 0) is 29.2 Å². The quantitative estimate of drug-likeness (QED) is 0.506. The summed E-state index contributed by atoms with van der Waals surface area (Å²) in [6.07, 6.45) is -1.22. The van der Waals surface area contributed by atoms with Crippen LogP contribution >= 0.6 is 0 Å². The number of ether oxygens (including phenoxy) is 3. The van der Waals surface area contributed by atoms with Crippen LogP contribution < -0.4 is 5.32 Å². The molecule has 186 valence electrons. The Balaban J connectivity index is 1.24. The Bertz CT molecular complexity index is 1020. The summed E-state index contributed by atoms with van der Waals surface area (Å²) in [7, 11) is 0. The average Bonchev–Trinajstić information content (AvgIpc) is 3.14. The number of carbonyl (C=O) groups excluding carboxylic acids is 2. The summed E-state index contributed by atoms with van der Waals surface area (Å²) in [5.41, 5.74) is 4.60. The fourth-order valence-corrected chi connectivity index (χ4v) is 4.53. The number of likely N-dealkylation sites (tertiary alicyclic amines) is 1. The number of amides is 2. The molecule has 1 aliphatic carbocycles. The lowest BCUT2D eigenvalue weighted by Gasteiger charge is -2.39. The second kappa shape index (κ2) is 11.3. The SMILES string of the molecule is CCOC(CNC(=O)OCC1c2ccccc2-c2ccccc21)CC(=O)N1CC(OCC(=O)O)C1. The van der Waals surface area contributed by atoms with Gasteiger partial charge in [0.15, 0.2) is 0 Å². The lowest BCUT2D eigenvalue weighted by Crippen LogP contribution is -2.56. The minimum absolute atomic E-state index is 0.0277. The molecule has 0 bridgehead atoms.